The van der Waals surface area contributed by atoms with Crippen LogP contribution in [0.1, 0.15) is 25.8 Å². The molecule has 1 aliphatic heterocycles. The second-order valence-electron chi connectivity index (χ2n) is 4.68. The minimum atomic E-state index is 0.273. The quantitative estimate of drug-likeness (QED) is 0.843. The van der Waals surface area contributed by atoms with Crippen molar-refractivity contribution in [3.05, 3.63) is 17.7 Å². The van der Waals surface area contributed by atoms with Gasteiger partial charge in [-0.15, -0.1) is 0 Å². The topological polar surface area (TPSA) is 39.7 Å². The van der Waals surface area contributed by atoms with Gasteiger partial charge in [-0.3, -0.25) is 0 Å². The summed E-state index contributed by atoms with van der Waals surface area (Å²) in [6.07, 6.45) is 1.19. The Hall–Kier alpha value is -1.42. The van der Waals surface area contributed by atoms with Crippen LogP contribution in [0.15, 0.2) is 12.1 Å². The maximum atomic E-state index is 5.40. The maximum Gasteiger partial charge on any atom is 0.231 e. The molecule has 18 heavy (non-hydrogen) atoms. The predicted octanol–water partition coefficient (Wildman–Crippen LogP) is 2.56. The molecule has 0 spiro atoms. The van der Waals surface area contributed by atoms with Crippen LogP contribution in [0.3, 0.4) is 0 Å². The van der Waals surface area contributed by atoms with Crippen molar-refractivity contribution >= 4 is 0 Å². The Kier molecular flexibility index (Phi) is 4.31. The van der Waals surface area contributed by atoms with Gasteiger partial charge >= 0.3 is 0 Å². The van der Waals surface area contributed by atoms with Gasteiger partial charge in [0, 0.05) is 6.54 Å². The molecule has 1 unspecified atom stereocenters. The molecular formula is C14H21NO3. The fourth-order valence-corrected chi connectivity index (χ4v) is 1.89. The van der Waals surface area contributed by atoms with Crippen LogP contribution in [0.25, 0.3) is 0 Å². The van der Waals surface area contributed by atoms with E-state index < -0.39 is 0 Å². The molecule has 0 fully saturated rings. The van der Waals surface area contributed by atoms with E-state index in [0.29, 0.717) is 11.7 Å². The Bertz CT molecular complexity index is 406. The fraction of sp³-hybridized carbons (Fsp3) is 0.571. The first-order valence-corrected chi connectivity index (χ1v) is 6.41. The number of nitrogens with one attached hydrogen (secondary N) is 1. The SMILES string of the molecule is CCC(C)CNCc1cc(OC)c2c(c1)OCO2. The number of methoxy groups -OCH3 is 1. The Balaban J connectivity index is 2.01. The summed E-state index contributed by atoms with van der Waals surface area (Å²) in [6, 6.07) is 4.01. The van der Waals surface area contributed by atoms with E-state index in [1.54, 1.807) is 7.11 Å². The Morgan fingerprint density at radius 3 is 2.94 bits per heavy atom. The summed E-state index contributed by atoms with van der Waals surface area (Å²) in [5.41, 5.74) is 1.15. The zero-order valence-electron chi connectivity index (χ0n) is 11.3. The minimum absolute atomic E-state index is 0.273. The predicted molar refractivity (Wildman–Crippen MR) is 70.3 cm³/mol. The highest BCUT2D eigenvalue weighted by atomic mass is 16.7. The van der Waals surface area contributed by atoms with E-state index in [9.17, 15) is 0 Å². The van der Waals surface area contributed by atoms with Crippen molar-refractivity contribution in [2.75, 3.05) is 20.4 Å². The van der Waals surface area contributed by atoms with Crippen LogP contribution in [-0.4, -0.2) is 20.4 Å². The normalized spacial score (nSPS) is 14.6. The van der Waals surface area contributed by atoms with E-state index in [2.05, 4.69) is 19.2 Å². The molecule has 1 atom stereocenters. The average molecular weight is 251 g/mol. The van der Waals surface area contributed by atoms with Crippen LogP contribution in [0.5, 0.6) is 17.2 Å². The van der Waals surface area contributed by atoms with Crippen LogP contribution in [0, 0.1) is 5.92 Å². The molecule has 1 aliphatic rings. The number of benzene rings is 1. The van der Waals surface area contributed by atoms with E-state index in [1.807, 2.05) is 12.1 Å². The van der Waals surface area contributed by atoms with Gasteiger partial charge < -0.3 is 19.5 Å². The van der Waals surface area contributed by atoms with Gasteiger partial charge in [0.1, 0.15) is 0 Å². The number of rotatable bonds is 6. The van der Waals surface area contributed by atoms with Crippen molar-refractivity contribution in [1.82, 2.24) is 5.32 Å². The smallest absolute Gasteiger partial charge is 0.231 e. The van der Waals surface area contributed by atoms with E-state index in [-0.39, 0.29) is 6.79 Å². The summed E-state index contributed by atoms with van der Waals surface area (Å²) in [7, 11) is 1.65. The Morgan fingerprint density at radius 1 is 1.39 bits per heavy atom. The third-order valence-corrected chi connectivity index (χ3v) is 3.24. The molecule has 0 saturated heterocycles. The molecule has 0 amide bonds. The molecular weight excluding hydrogens is 230 g/mol. The third-order valence-electron chi connectivity index (χ3n) is 3.24. The fourth-order valence-electron chi connectivity index (χ4n) is 1.89. The molecule has 4 heteroatoms. The lowest BCUT2D eigenvalue weighted by Crippen LogP contribution is -2.20. The molecule has 1 N–H and O–H groups in total. The second kappa shape index (κ2) is 5.96. The van der Waals surface area contributed by atoms with E-state index in [1.165, 1.54) is 6.42 Å². The standard InChI is InChI=1S/C14H21NO3/c1-4-10(2)7-15-8-11-5-12(16-3)14-13(6-11)17-9-18-14/h5-6,10,15H,4,7-9H2,1-3H3. The van der Waals surface area contributed by atoms with Crippen molar-refractivity contribution in [3.8, 4) is 17.2 Å². The van der Waals surface area contributed by atoms with Gasteiger partial charge in [-0.1, -0.05) is 20.3 Å². The molecule has 0 saturated carbocycles. The summed E-state index contributed by atoms with van der Waals surface area (Å²) in [5.74, 6) is 2.92. The van der Waals surface area contributed by atoms with Crippen molar-refractivity contribution in [3.63, 3.8) is 0 Å². The molecule has 0 aliphatic carbocycles. The molecule has 0 aromatic heterocycles. The van der Waals surface area contributed by atoms with Crippen molar-refractivity contribution in [2.24, 2.45) is 5.92 Å². The number of hydrogen-bond donors (Lipinski definition) is 1. The van der Waals surface area contributed by atoms with Crippen LogP contribution in [-0.2, 0) is 6.54 Å². The number of fused-ring (bicyclic) bond motifs is 1. The van der Waals surface area contributed by atoms with Crippen LogP contribution in [0.2, 0.25) is 0 Å². The van der Waals surface area contributed by atoms with Gasteiger partial charge in [0.15, 0.2) is 11.5 Å². The Labute approximate surface area is 108 Å². The maximum absolute atomic E-state index is 5.40. The van der Waals surface area contributed by atoms with Crippen LogP contribution in [0.4, 0.5) is 0 Å². The van der Waals surface area contributed by atoms with Crippen LogP contribution < -0.4 is 19.5 Å². The van der Waals surface area contributed by atoms with Gasteiger partial charge in [0.25, 0.3) is 0 Å². The Morgan fingerprint density at radius 2 is 2.22 bits per heavy atom. The summed E-state index contributed by atoms with van der Waals surface area (Å²) < 4.78 is 16.1. The zero-order chi connectivity index (χ0) is 13.0. The molecule has 1 aromatic rings. The molecule has 2 rings (SSSR count). The van der Waals surface area contributed by atoms with Crippen molar-refractivity contribution in [1.29, 1.82) is 0 Å². The van der Waals surface area contributed by atoms with E-state index >= 15 is 0 Å². The first-order valence-electron chi connectivity index (χ1n) is 6.41. The van der Waals surface area contributed by atoms with Gasteiger partial charge in [-0.05, 0) is 30.2 Å². The van der Waals surface area contributed by atoms with E-state index in [0.717, 1.165) is 30.2 Å². The summed E-state index contributed by atoms with van der Waals surface area (Å²) in [5, 5.41) is 3.44. The van der Waals surface area contributed by atoms with Crippen molar-refractivity contribution < 1.29 is 14.2 Å². The third kappa shape index (κ3) is 2.88. The molecule has 0 radical (unpaired) electrons. The minimum Gasteiger partial charge on any atom is -0.493 e. The largest absolute Gasteiger partial charge is 0.493 e. The van der Waals surface area contributed by atoms with E-state index in [4.69, 9.17) is 14.2 Å². The molecule has 100 valence electrons. The van der Waals surface area contributed by atoms with Gasteiger partial charge in [0.2, 0.25) is 12.5 Å². The molecule has 0 bridgehead atoms. The highest BCUT2D eigenvalue weighted by molar-refractivity contribution is 5.55. The lowest BCUT2D eigenvalue weighted by Gasteiger charge is -2.11. The molecule has 1 aromatic carbocycles. The van der Waals surface area contributed by atoms with Crippen LogP contribution >= 0.6 is 0 Å². The summed E-state index contributed by atoms with van der Waals surface area (Å²) in [6.45, 7) is 6.56. The number of ether oxygens (including phenoxy) is 3. The summed E-state index contributed by atoms with van der Waals surface area (Å²) in [4.78, 5) is 0. The average Bonchev–Trinajstić information content (AvgIpc) is 2.85. The van der Waals surface area contributed by atoms with Gasteiger partial charge in [-0.25, -0.2) is 0 Å². The molecule has 4 nitrogen and oxygen atoms in total. The highest BCUT2D eigenvalue weighted by Gasteiger charge is 2.19. The highest BCUT2D eigenvalue weighted by Crippen LogP contribution is 2.41. The summed E-state index contributed by atoms with van der Waals surface area (Å²) >= 11 is 0. The van der Waals surface area contributed by atoms with Gasteiger partial charge in [0.05, 0.1) is 7.11 Å². The first kappa shape index (κ1) is 13.0. The number of hydrogen-bond acceptors (Lipinski definition) is 4. The zero-order valence-corrected chi connectivity index (χ0v) is 11.3. The second-order valence-corrected chi connectivity index (χ2v) is 4.68. The lowest BCUT2D eigenvalue weighted by molar-refractivity contribution is 0.171. The lowest BCUT2D eigenvalue weighted by atomic mass is 10.1. The first-order chi connectivity index (χ1) is 8.74. The van der Waals surface area contributed by atoms with Gasteiger partial charge in [-0.2, -0.15) is 0 Å². The monoisotopic (exact) mass is 251 g/mol. The molecule has 1 heterocycles. The van der Waals surface area contributed by atoms with Crippen molar-refractivity contribution in [2.45, 2.75) is 26.8 Å².